The first-order valence-corrected chi connectivity index (χ1v) is 5.78. The van der Waals surface area contributed by atoms with Crippen LogP contribution in [-0.2, 0) is 9.53 Å². The van der Waals surface area contributed by atoms with E-state index in [1.807, 2.05) is 0 Å². The molecule has 0 fully saturated rings. The van der Waals surface area contributed by atoms with Crippen molar-refractivity contribution in [2.75, 3.05) is 0 Å². The minimum atomic E-state index is -1.31. The minimum absolute atomic E-state index is 0.0892. The van der Waals surface area contributed by atoms with Gasteiger partial charge in [-0.1, -0.05) is 24.3 Å². The molecule has 4 nitrogen and oxygen atoms in total. The van der Waals surface area contributed by atoms with E-state index in [2.05, 4.69) is 0 Å². The maximum atomic E-state index is 12.4. The first-order valence-electron chi connectivity index (χ1n) is 5.78. The van der Waals surface area contributed by atoms with Crippen LogP contribution >= 0.6 is 0 Å². The molecular weight excluding hydrogens is 232 g/mol. The number of aliphatic hydroxyl groups is 1. The summed E-state index contributed by atoms with van der Waals surface area (Å²) in [5, 5.41) is 10.1. The molecule has 92 valence electrons. The van der Waals surface area contributed by atoms with Crippen molar-refractivity contribution >= 4 is 11.8 Å². The highest BCUT2D eigenvalue weighted by atomic mass is 16.6. The van der Waals surface area contributed by atoms with Gasteiger partial charge in [-0.05, 0) is 18.6 Å². The molecule has 18 heavy (non-hydrogen) atoms. The summed E-state index contributed by atoms with van der Waals surface area (Å²) in [5.74, 6) is -0.747. The van der Waals surface area contributed by atoms with E-state index < -0.39 is 17.7 Å². The van der Waals surface area contributed by atoms with Crippen molar-refractivity contribution in [3.63, 3.8) is 0 Å². The molecule has 1 heterocycles. The summed E-state index contributed by atoms with van der Waals surface area (Å²) >= 11 is 0. The van der Waals surface area contributed by atoms with Crippen LogP contribution in [0.5, 0.6) is 0 Å². The zero-order chi connectivity index (χ0) is 12.9. The van der Waals surface area contributed by atoms with E-state index >= 15 is 0 Å². The molecule has 0 saturated heterocycles. The lowest BCUT2D eigenvalue weighted by Gasteiger charge is -2.33. The number of ether oxygens (including phenoxy) is 1. The molecule has 0 saturated carbocycles. The molecule has 0 radical (unpaired) electrons. The second kappa shape index (κ2) is 3.53. The molecule has 0 aromatic heterocycles. The van der Waals surface area contributed by atoms with Gasteiger partial charge in [0.2, 0.25) is 5.78 Å². The summed E-state index contributed by atoms with van der Waals surface area (Å²) in [5.41, 5.74) is 0.127. The molecule has 1 aliphatic carbocycles. The third-order valence-corrected chi connectivity index (χ3v) is 3.49. The Kier molecular flexibility index (Phi) is 2.19. The molecule has 3 rings (SSSR count). The van der Waals surface area contributed by atoms with Crippen molar-refractivity contribution in [3.8, 4) is 0 Å². The van der Waals surface area contributed by atoms with Crippen LogP contribution in [0.25, 0.3) is 0 Å². The Labute approximate surface area is 104 Å². The fourth-order valence-electron chi connectivity index (χ4n) is 2.61. The number of hydrogen-bond donors (Lipinski definition) is 1. The lowest BCUT2D eigenvalue weighted by molar-refractivity contribution is -0.145. The zero-order valence-corrected chi connectivity index (χ0v) is 9.84. The van der Waals surface area contributed by atoms with Crippen molar-refractivity contribution < 1.29 is 19.4 Å². The van der Waals surface area contributed by atoms with Crippen LogP contribution in [0, 0.1) is 0 Å². The van der Waals surface area contributed by atoms with Crippen molar-refractivity contribution in [2.45, 2.75) is 25.0 Å². The highest BCUT2D eigenvalue weighted by Crippen LogP contribution is 2.42. The lowest BCUT2D eigenvalue weighted by Crippen LogP contribution is -2.43. The smallest absolute Gasteiger partial charge is 0.334 e. The molecule has 0 unspecified atom stereocenters. The molecule has 1 aromatic carbocycles. The number of fused-ring (bicyclic) bond motifs is 1. The van der Waals surface area contributed by atoms with Gasteiger partial charge in [0.05, 0.1) is 6.10 Å². The van der Waals surface area contributed by atoms with Gasteiger partial charge in [0.25, 0.3) is 0 Å². The van der Waals surface area contributed by atoms with Crippen LogP contribution in [0.2, 0.25) is 0 Å². The number of hydrogen-bond acceptors (Lipinski definition) is 4. The molecule has 1 spiro atoms. The number of carbonyl (C=O) groups is 2. The van der Waals surface area contributed by atoms with Crippen LogP contribution < -0.4 is 0 Å². The number of ketones is 1. The molecule has 0 amide bonds. The monoisotopic (exact) mass is 244 g/mol. The maximum absolute atomic E-state index is 12.4. The lowest BCUT2D eigenvalue weighted by atomic mass is 9.77. The van der Waals surface area contributed by atoms with Crippen molar-refractivity contribution in [1.82, 2.24) is 0 Å². The highest BCUT2D eigenvalue weighted by Gasteiger charge is 2.50. The average molecular weight is 244 g/mol. The summed E-state index contributed by atoms with van der Waals surface area (Å²) in [4.78, 5) is 23.9. The van der Waals surface area contributed by atoms with Crippen LogP contribution in [-0.4, -0.2) is 22.5 Å². The van der Waals surface area contributed by atoms with E-state index in [0.717, 1.165) is 0 Å². The second-order valence-electron chi connectivity index (χ2n) is 4.74. The van der Waals surface area contributed by atoms with Gasteiger partial charge >= 0.3 is 5.97 Å². The summed E-state index contributed by atoms with van der Waals surface area (Å²) in [6.07, 6.45) is 0.816. The normalized spacial score (nSPS) is 30.1. The third kappa shape index (κ3) is 1.36. The van der Waals surface area contributed by atoms with E-state index in [1.54, 1.807) is 31.2 Å². The minimum Gasteiger partial charge on any atom is -0.443 e. The summed E-state index contributed by atoms with van der Waals surface area (Å²) in [6, 6.07) is 6.88. The summed E-state index contributed by atoms with van der Waals surface area (Å²) in [7, 11) is 0. The first kappa shape index (κ1) is 11.2. The molecule has 4 heteroatoms. The third-order valence-electron chi connectivity index (χ3n) is 3.49. The predicted octanol–water partition coefficient (Wildman–Crippen LogP) is 1.55. The fourth-order valence-corrected chi connectivity index (χ4v) is 2.61. The van der Waals surface area contributed by atoms with Crippen LogP contribution in [0.1, 0.15) is 35.4 Å². The van der Waals surface area contributed by atoms with Gasteiger partial charge in [0.15, 0.2) is 5.60 Å². The van der Waals surface area contributed by atoms with Gasteiger partial charge < -0.3 is 9.84 Å². The van der Waals surface area contributed by atoms with Crippen LogP contribution in [0.3, 0.4) is 0 Å². The average Bonchev–Trinajstić information content (AvgIpc) is 2.63. The number of Topliss-reactive ketones (excluding diaryl/α,β-unsaturated/α-hetero) is 1. The Morgan fingerprint density at radius 2 is 2.06 bits per heavy atom. The van der Waals surface area contributed by atoms with Crippen LogP contribution in [0.4, 0.5) is 0 Å². The Morgan fingerprint density at radius 1 is 1.33 bits per heavy atom. The zero-order valence-electron chi connectivity index (χ0n) is 9.84. The molecule has 1 aliphatic heterocycles. The molecular formula is C14H12O4. The van der Waals surface area contributed by atoms with Crippen molar-refractivity contribution in [1.29, 1.82) is 0 Å². The van der Waals surface area contributed by atoms with E-state index in [4.69, 9.17) is 4.74 Å². The summed E-state index contributed by atoms with van der Waals surface area (Å²) < 4.78 is 5.20. The van der Waals surface area contributed by atoms with E-state index in [9.17, 15) is 14.7 Å². The molecule has 1 aromatic rings. The van der Waals surface area contributed by atoms with E-state index in [1.165, 1.54) is 6.08 Å². The van der Waals surface area contributed by atoms with Gasteiger partial charge in [0.1, 0.15) is 0 Å². The van der Waals surface area contributed by atoms with Crippen molar-refractivity contribution in [3.05, 3.63) is 47.0 Å². The van der Waals surface area contributed by atoms with Crippen molar-refractivity contribution in [2.24, 2.45) is 0 Å². The quantitative estimate of drug-likeness (QED) is 0.703. The highest BCUT2D eigenvalue weighted by molar-refractivity contribution is 6.10. The second-order valence-corrected chi connectivity index (χ2v) is 4.74. The van der Waals surface area contributed by atoms with Gasteiger partial charge in [0, 0.05) is 17.6 Å². The van der Waals surface area contributed by atoms with E-state index in [-0.39, 0.29) is 12.2 Å². The standard InChI is InChI=1S/C14H12O4/c1-8-6-14(18-13(8)17)7-11(15)9-4-2-3-5-10(9)12(14)16/h2-6,11,15H,7H2,1H3/t11-,14-/m0/s1. The van der Waals surface area contributed by atoms with Gasteiger partial charge in [-0.15, -0.1) is 0 Å². The molecule has 2 aliphatic rings. The fraction of sp³-hybridized carbons (Fsp3) is 0.286. The largest absolute Gasteiger partial charge is 0.443 e. The predicted molar refractivity (Wildman–Crippen MR) is 62.9 cm³/mol. The number of esters is 1. The number of carbonyl (C=O) groups excluding carboxylic acids is 2. The van der Waals surface area contributed by atoms with Gasteiger partial charge in [-0.3, -0.25) is 4.79 Å². The van der Waals surface area contributed by atoms with Gasteiger partial charge in [-0.2, -0.15) is 0 Å². The van der Waals surface area contributed by atoms with Gasteiger partial charge in [-0.25, -0.2) is 4.79 Å². The Balaban J connectivity index is 2.14. The topological polar surface area (TPSA) is 63.6 Å². The molecule has 2 atom stereocenters. The number of aliphatic hydroxyl groups excluding tert-OH is 1. The summed E-state index contributed by atoms with van der Waals surface area (Å²) in [6.45, 7) is 1.61. The Hall–Kier alpha value is -1.94. The van der Waals surface area contributed by atoms with E-state index in [0.29, 0.717) is 16.7 Å². The maximum Gasteiger partial charge on any atom is 0.334 e. The molecule has 1 N–H and O–H groups in total. The Morgan fingerprint density at radius 3 is 2.72 bits per heavy atom. The SMILES string of the molecule is CC1=C[C@@]2(C[C@H](O)c3ccccc3C2=O)OC1=O. The first-order chi connectivity index (χ1) is 8.53. The molecule has 0 bridgehead atoms. The number of rotatable bonds is 0. The Bertz CT molecular complexity index is 587. The van der Waals surface area contributed by atoms with Crippen LogP contribution in [0.15, 0.2) is 35.9 Å². The number of benzene rings is 1.